The predicted molar refractivity (Wildman–Crippen MR) is 151 cm³/mol. The molecule has 0 aliphatic rings. The molecule has 2 amide bonds. The Morgan fingerprint density at radius 3 is 2.16 bits per heavy atom. The number of fused-ring (bicyclic) bond motifs is 1. The van der Waals surface area contributed by atoms with Crippen molar-refractivity contribution in [3.63, 3.8) is 0 Å². The van der Waals surface area contributed by atoms with E-state index in [1.807, 2.05) is 24.3 Å². The van der Waals surface area contributed by atoms with Crippen molar-refractivity contribution in [1.29, 1.82) is 0 Å². The second kappa shape index (κ2) is 15.3. The Morgan fingerprint density at radius 2 is 1.45 bits per heavy atom. The molecule has 1 heterocycles. The van der Waals surface area contributed by atoms with Crippen LogP contribution in [0.4, 0.5) is 0 Å². The van der Waals surface area contributed by atoms with E-state index in [0.717, 1.165) is 35.7 Å². The molecule has 0 aliphatic carbocycles. The van der Waals surface area contributed by atoms with Gasteiger partial charge in [-0.15, -0.1) is 0 Å². The van der Waals surface area contributed by atoms with Crippen LogP contribution in [-0.4, -0.2) is 31.3 Å². The first kappa shape index (κ1) is 29.4. The fourth-order valence-corrected chi connectivity index (χ4v) is 5.66. The highest BCUT2D eigenvalue weighted by molar-refractivity contribution is 7.89. The zero-order chi connectivity index (χ0) is 27.2. The summed E-state index contributed by atoms with van der Waals surface area (Å²) in [6.07, 6.45) is 12.5. The van der Waals surface area contributed by atoms with Crippen molar-refractivity contribution in [1.82, 2.24) is 20.6 Å². The molecular formula is C29H40N4O4S. The van der Waals surface area contributed by atoms with E-state index in [-0.39, 0.29) is 17.2 Å². The molecule has 0 aliphatic heterocycles. The number of aromatic amines is 1. The molecule has 0 saturated heterocycles. The quantitative estimate of drug-likeness (QED) is 0.149. The van der Waals surface area contributed by atoms with Crippen LogP contribution in [0.25, 0.3) is 10.9 Å². The van der Waals surface area contributed by atoms with E-state index >= 15 is 0 Å². The maximum atomic E-state index is 13.1. The number of para-hydroxylation sites is 1. The number of carbonyl (C=O) groups excluding carboxylic acids is 2. The summed E-state index contributed by atoms with van der Waals surface area (Å²) < 4.78 is 28.5. The molecule has 0 bridgehead atoms. The standard InChI is InChI=1S/C29H40N4O4S/c1-2-3-4-5-6-7-8-9-13-20-28(34)31-32-29(35)27(33-38(36,37)24-16-11-10-12-17-24)21-23-22-30-26-19-15-14-18-25(23)26/h10-12,14-19,22,27,30,33H,2-9,13,20-21H2,1H3,(H,31,34)(H,32,35). The van der Waals surface area contributed by atoms with Crippen LogP contribution >= 0.6 is 0 Å². The lowest BCUT2D eigenvalue weighted by atomic mass is 10.1. The largest absolute Gasteiger partial charge is 0.361 e. The molecule has 8 nitrogen and oxygen atoms in total. The third-order valence-electron chi connectivity index (χ3n) is 6.60. The normalized spacial score (nSPS) is 12.3. The smallest absolute Gasteiger partial charge is 0.256 e. The van der Waals surface area contributed by atoms with Crippen molar-refractivity contribution >= 4 is 32.7 Å². The molecule has 3 rings (SSSR count). The zero-order valence-corrected chi connectivity index (χ0v) is 23.0. The highest BCUT2D eigenvalue weighted by atomic mass is 32.2. The second-order valence-electron chi connectivity index (χ2n) is 9.67. The summed E-state index contributed by atoms with van der Waals surface area (Å²) in [6, 6.07) is 14.4. The molecule has 38 heavy (non-hydrogen) atoms. The van der Waals surface area contributed by atoms with Crippen LogP contribution < -0.4 is 15.6 Å². The zero-order valence-electron chi connectivity index (χ0n) is 22.2. The van der Waals surface area contributed by atoms with Crippen LogP contribution in [0.3, 0.4) is 0 Å². The molecule has 3 aromatic rings. The molecule has 0 radical (unpaired) electrons. The Hall–Kier alpha value is -3.17. The highest BCUT2D eigenvalue weighted by Crippen LogP contribution is 2.20. The van der Waals surface area contributed by atoms with Crippen molar-refractivity contribution in [2.75, 3.05) is 0 Å². The summed E-state index contributed by atoms with van der Waals surface area (Å²) >= 11 is 0. The van der Waals surface area contributed by atoms with Gasteiger partial charge in [0.05, 0.1) is 4.90 Å². The minimum absolute atomic E-state index is 0.0612. The first-order valence-corrected chi connectivity index (χ1v) is 15.1. The first-order chi connectivity index (χ1) is 18.4. The molecular weight excluding hydrogens is 500 g/mol. The summed E-state index contributed by atoms with van der Waals surface area (Å²) in [7, 11) is -3.96. The summed E-state index contributed by atoms with van der Waals surface area (Å²) in [4.78, 5) is 28.6. The number of unbranched alkanes of at least 4 members (excludes halogenated alkanes) is 8. The van der Waals surface area contributed by atoms with Crippen molar-refractivity contribution in [2.24, 2.45) is 0 Å². The maximum absolute atomic E-state index is 13.1. The number of nitrogens with one attached hydrogen (secondary N) is 4. The van der Waals surface area contributed by atoms with E-state index in [2.05, 4.69) is 27.5 Å². The molecule has 0 fully saturated rings. The van der Waals surface area contributed by atoms with Crippen LogP contribution in [0.15, 0.2) is 65.7 Å². The van der Waals surface area contributed by atoms with E-state index in [9.17, 15) is 18.0 Å². The summed E-state index contributed by atoms with van der Waals surface area (Å²) in [5.41, 5.74) is 6.55. The van der Waals surface area contributed by atoms with Gasteiger partial charge in [-0.1, -0.05) is 94.7 Å². The average Bonchev–Trinajstić information content (AvgIpc) is 3.33. The molecule has 9 heteroatoms. The number of hydrazine groups is 1. The average molecular weight is 541 g/mol. The van der Waals surface area contributed by atoms with Gasteiger partial charge in [-0.2, -0.15) is 4.72 Å². The first-order valence-electron chi connectivity index (χ1n) is 13.6. The van der Waals surface area contributed by atoms with Gasteiger partial charge in [0.2, 0.25) is 15.9 Å². The van der Waals surface area contributed by atoms with Crippen molar-refractivity contribution < 1.29 is 18.0 Å². The van der Waals surface area contributed by atoms with E-state index < -0.39 is 22.0 Å². The van der Waals surface area contributed by atoms with E-state index in [1.165, 1.54) is 50.7 Å². The molecule has 1 aromatic heterocycles. The highest BCUT2D eigenvalue weighted by Gasteiger charge is 2.27. The number of aromatic nitrogens is 1. The van der Waals surface area contributed by atoms with Gasteiger partial charge in [0.1, 0.15) is 6.04 Å². The Bertz CT molecular complexity index is 1260. The monoisotopic (exact) mass is 540 g/mol. The van der Waals surface area contributed by atoms with Gasteiger partial charge in [0.15, 0.2) is 0 Å². The van der Waals surface area contributed by atoms with Gasteiger partial charge in [-0.05, 0) is 36.6 Å². The Kier molecular flexibility index (Phi) is 11.8. The van der Waals surface area contributed by atoms with Crippen molar-refractivity contribution in [2.45, 2.75) is 88.5 Å². The third-order valence-corrected chi connectivity index (χ3v) is 8.09. The lowest BCUT2D eigenvalue weighted by Gasteiger charge is -2.19. The fraction of sp³-hybridized carbons (Fsp3) is 0.448. The van der Waals surface area contributed by atoms with Gasteiger partial charge in [-0.3, -0.25) is 20.4 Å². The van der Waals surface area contributed by atoms with E-state index in [1.54, 1.807) is 24.4 Å². The van der Waals surface area contributed by atoms with Crippen molar-refractivity contribution in [3.05, 3.63) is 66.4 Å². The van der Waals surface area contributed by atoms with Gasteiger partial charge in [0, 0.05) is 23.5 Å². The van der Waals surface area contributed by atoms with E-state index in [4.69, 9.17) is 0 Å². The van der Waals surface area contributed by atoms with Gasteiger partial charge in [-0.25, -0.2) is 8.42 Å². The van der Waals surface area contributed by atoms with Crippen molar-refractivity contribution in [3.8, 4) is 0 Å². The predicted octanol–water partition coefficient (Wildman–Crippen LogP) is 5.13. The maximum Gasteiger partial charge on any atom is 0.256 e. The summed E-state index contributed by atoms with van der Waals surface area (Å²) in [5.74, 6) is -0.923. The number of hydrogen-bond donors (Lipinski definition) is 4. The Balaban J connectivity index is 1.54. The number of sulfonamides is 1. The molecule has 1 unspecified atom stereocenters. The molecule has 0 saturated carbocycles. The van der Waals surface area contributed by atoms with Crippen LogP contribution in [0.1, 0.15) is 76.7 Å². The lowest BCUT2D eigenvalue weighted by molar-refractivity contribution is -0.129. The van der Waals surface area contributed by atoms with Gasteiger partial charge >= 0.3 is 0 Å². The van der Waals surface area contributed by atoms with E-state index in [0.29, 0.717) is 6.42 Å². The van der Waals surface area contributed by atoms with Gasteiger partial charge < -0.3 is 4.98 Å². The summed E-state index contributed by atoms with van der Waals surface area (Å²) in [5, 5.41) is 0.901. The number of hydrogen-bond acceptors (Lipinski definition) is 4. The number of amides is 2. The third kappa shape index (κ3) is 9.29. The minimum Gasteiger partial charge on any atom is -0.361 e. The second-order valence-corrected chi connectivity index (χ2v) is 11.4. The molecule has 0 spiro atoms. The molecule has 1 atom stereocenters. The number of H-pyrrole nitrogens is 1. The lowest BCUT2D eigenvalue weighted by Crippen LogP contribution is -2.53. The van der Waals surface area contributed by atoms with Crippen LogP contribution in [0, 0.1) is 0 Å². The Morgan fingerprint density at radius 1 is 0.816 bits per heavy atom. The number of carbonyl (C=O) groups is 2. The number of benzene rings is 2. The van der Waals surface area contributed by atoms with Crippen LogP contribution in [-0.2, 0) is 26.0 Å². The number of rotatable bonds is 16. The van der Waals surface area contributed by atoms with Crippen LogP contribution in [0.5, 0.6) is 0 Å². The Labute approximate surface area is 226 Å². The molecule has 2 aromatic carbocycles. The topological polar surface area (TPSA) is 120 Å². The van der Waals surface area contributed by atoms with Crippen LogP contribution in [0.2, 0.25) is 0 Å². The SMILES string of the molecule is CCCCCCCCCCCC(=O)NNC(=O)C(Cc1c[nH]c2ccccc12)NS(=O)(=O)c1ccccc1. The summed E-state index contributed by atoms with van der Waals surface area (Å²) in [6.45, 7) is 2.21. The fourth-order valence-electron chi connectivity index (χ4n) is 4.44. The molecule has 4 N–H and O–H groups in total. The molecule has 206 valence electrons. The minimum atomic E-state index is -3.96. The van der Waals surface area contributed by atoms with Gasteiger partial charge in [0.25, 0.3) is 5.91 Å².